The summed E-state index contributed by atoms with van der Waals surface area (Å²) in [5, 5.41) is 0. The van der Waals surface area contributed by atoms with E-state index in [0.29, 0.717) is 6.54 Å². The molecule has 0 aliphatic heterocycles. The molecule has 0 fully saturated rings. The average Bonchev–Trinajstić information content (AvgIpc) is 2.08. The molecule has 0 saturated carbocycles. The van der Waals surface area contributed by atoms with Crippen LogP contribution in [0.5, 0.6) is 0 Å². The van der Waals surface area contributed by atoms with Crippen molar-refractivity contribution in [2.24, 2.45) is 15.0 Å². The normalized spacial score (nSPS) is 5.75. The highest BCUT2D eigenvalue weighted by Crippen LogP contribution is 1.61. The molecule has 0 aromatic heterocycles. The fourth-order valence-electron chi connectivity index (χ4n) is 0.158. The fraction of sp³-hybridized carbons (Fsp3) is 0.500. The van der Waals surface area contributed by atoms with Crippen LogP contribution in [-0.2, 0) is 14.4 Å². The number of rotatable bonds is 3. The zero-order chi connectivity index (χ0) is 9.66. The number of nitrogens with zero attached hydrogens (tertiary/aromatic N) is 3. The number of isocyanates is 3. The molecule has 6 heteroatoms. The zero-order valence-electron chi connectivity index (χ0n) is 6.48. The van der Waals surface area contributed by atoms with Gasteiger partial charge < -0.3 is 0 Å². The van der Waals surface area contributed by atoms with Gasteiger partial charge in [-0.1, -0.05) is 0 Å². The quantitative estimate of drug-likeness (QED) is 0.438. The van der Waals surface area contributed by atoms with Crippen LogP contribution in [0.1, 0.15) is 6.92 Å². The van der Waals surface area contributed by atoms with Gasteiger partial charge in [0.25, 0.3) is 0 Å². The highest BCUT2D eigenvalue weighted by atomic mass is 16.1. The van der Waals surface area contributed by atoms with Crippen LogP contribution in [0.25, 0.3) is 0 Å². The minimum Gasteiger partial charge on any atom is -0.211 e. The van der Waals surface area contributed by atoms with Crippen molar-refractivity contribution < 1.29 is 14.4 Å². The predicted molar refractivity (Wildman–Crippen MR) is 39.8 cm³/mol. The Labute approximate surface area is 68.7 Å². The van der Waals surface area contributed by atoms with E-state index in [1.165, 1.54) is 18.2 Å². The van der Waals surface area contributed by atoms with Crippen LogP contribution in [0.4, 0.5) is 0 Å². The summed E-state index contributed by atoms with van der Waals surface area (Å²) < 4.78 is 0. The van der Waals surface area contributed by atoms with E-state index < -0.39 is 0 Å². The van der Waals surface area contributed by atoms with Gasteiger partial charge in [0, 0.05) is 6.54 Å². The summed E-state index contributed by atoms with van der Waals surface area (Å²) in [6.45, 7) is 2.17. The maximum Gasteiger partial charge on any atom is 0.236 e. The average molecular weight is 169 g/mol. The van der Waals surface area contributed by atoms with Gasteiger partial charge in [-0.25, -0.2) is 19.4 Å². The van der Waals surface area contributed by atoms with Crippen LogP contribution in [0, 0.1) is 0 Å². The number of hydrogen-bond donors (Lipinski definition) is 0. The lowest BCUT2D eigenvalue weighted by Crippen LogP contribution is -1.66. The van der Waals surface area contributed by atoms with Gasteiger partial charge in [-0.3, -0.25) is 0 Å². The maximum atomic E-state index is 9.20. The second-order valence-corrected chi connectivity index (χ2v) is 1.21. The van der Waals surface area contributed by atoms with E-state index >= 15 is 0 Å². The molecule has 0 bridgehead atoms. The molecule has 0 aliphatic carbocycles. The number of aliphatic imine (C=N–C) groups is 3. The van der Waals surface area contributed by atoms with Gasteiger partial charge in [0.1, 0.15) is 0 Å². The van der Waals surface area contributed by atoms with E-state index in [-0.39, 0.29) is 6.67 Å². The molecule has 0 amide bonds. The summed E-state index contributed by atoms with van der Waals surface area (Å²) in [7, 11) is 0. The predicted octanol–water partition coefficient (Wildman–Crippen LogP) is -0.0424. The van der Waals surface area contributed by atoms with Crippen LogP contribution >= 0.6 is 0 Å². The summed E-state index contributed by atoms with van der Waals surface area (Å²) in [6.07, 6.45) is 3.80. The standard InChI is InChI=1S/C3H2N2O2.C3H5NO/c6-2-4-1-5-3-7;1-2-4-3-5/h1H2;2H2,1H3. The van der Waals surface area contributed by atoms with E-state index in [9.17, 15) is 9.59 Å². The molecular formula is C6H7N3O3. The van der Waals surface area contributed by atoms with Gasteiger partial charge in [0.2, 0.25) is 18.2 Å². The Bertz CT molecular complexity index is 216. The van der Waals surface area contributed by atoms with Crippen molar-refractivity contribution in [1.29, 1.82) is 0 Å². The summed E-state index contributed by atoms with van der Waals surface area (Å²) in [5.41, 5.74) is 0. The molecule has 0 heterocycles. The molecule has 0 N–H and O–H groups in total. The van der Waals surface area contributed by atoms with E-state index in [1.54, 1.807) is 6.92 Å². The highest BCUT2D eigenvalue weighted by molar-refractivity contribution is 5.35. The molecule has 6 nitrogen and oxygen atoms in total. The first-order valence-corrected chi connectivity index (χ1v) is 2.94. The fourth-order valence-corrected chi connectivity index (χ4v) is 0.158. The van der Waals surface area contributed by atoms with Gasteiger partial charge >= 0.3 is 0 Å². The maximum absolute atomic E-state index is 9.20. The molecule has 0 aliphatic rings. The molecule has 0 spiro atoms. The molecule has 0 atom stereocenters. The first-order chi connectivity index (χ1) is 5.83. The Morgan fingerprint density at radius 2 is 1.33 bits per heavy atom. The highest BCUT2D eigenvalue weighted by Gasteiger charge is 1.63. The monoisotopic (exact) mass is 169 g/mol. The van der Waals surface area contributed by atoms with Gasteiger partial charge in [-0.05, 0) is 6.92 Å². The molecule has 0 radical (unpaired) electrons. The van der Waals surface area contributed by atoms with Crippen molar-refractivity contribution >= 4 is 18.2 Å². The van der Waals surface area contributed by atoms with Crippen LogP contribution in [0.2, 0.25) is 0 Å². The Morgan fingerprint density at radius 1 is 0.917 bits per heavy atom. The lowest BCUT2D eigenvalue weighted by Gasteiger charge is -1.63. The van der Waals surface area contributed by atoms with Crippen LogP contribution in [0.15, 0.2) is 15.0 Å². The van der Waals surface area contributed by atoms with Crippen molar-refractivity contribution in [3.63, 3.8) is 0 Å². The van der Waals surface area contributed by atoms with E-state index in [4.69, 9.17) is 4.79 Å². The van der Waals surface area contributed by atoms with Crippen molar-refractivity contribution in [3.8, 4) is 0 Å². The smallest absolute Gasteiger partial charge is 0.211 e. The van der Waals surface area contributed by atoms with Crippen molar-refractivity contribution in [2.75, 3.05) is 13.2 Å². The number of carbonyl (C=O) groups excluding carboxylic acids is 3. The van der Waals surface area contributed by atoms with Gasteiger partial charge in [-0.15, -0.1) is 0 Å². The van der Waals surface area contributed by atoms with Crippen molar-refractivity contribution in [2.45, 2.75) is 6.92 Å². The third-order valence-electron chi connectivity index (χ3n) is 0.493. The largest absolute Gasteiger partial charge is 0.236 e. The van der Waals surface area contributed by atoms with Crippen LogP contribution in [0.3, 0.4) is 0 Å². The second kappa shape index (κ2) is 16.1. The Hall–Kier alpha value is -1.86. The third-order valence-corrected chi connectivity index (χ3v) is 0.493. The first-order valence-electron chi connectivity index (χ1n) is 2.94. The molecule has 0 unspecified atom stereocenters. The molecule has 0 saturated heterocycles. The minimum atomic E-state index is -0.160. The Kier molecular flexibility index (Phi) is 17.1. The van der Waals surface area contributed by atoms with Gasteiger partial charge in [0.05, 0.1) is 0 Å². The second-order valence-electron chi connectivity index (χ2n) is 1.21. The van der Waals surface area contributed by atoms with Crippen LogP contribution in [-0.4, -0.2) is 31.5 Å². The zero-order valence-corrected chi connectivity index (χ0v) is 6.48. The number of hydrogen-bond acceptors (Lipinski definition) is 6. The van der Waals surface area contributed by atoms with Gasteiger partial charge in [0.15, 0.2) is 6.67 Å². The summed E-state index contributed by atoms with van der Waals surface area (Å²) in [5.74, 6) is 0. The summed E-state index contributed by atoms with van der Waals surface area (Å²) in [6, 6.07) is 0. The Balaban J connectivity index is 0. The SMILES string of the molecule is CCN=C=O.O=C=NCN=C=O. The van der Waals surface area contributed by atoms with Gasteiger partial charge in [-0.2, -0.15) is 9.98 Å². The van der Waals surface area contributed by atoms with E-state index in [1.807, 2.05) is 0 Å². The molecule has 64 valence electrons. The summed E-state index contributed by atoms with van der Waals surface area (Å²) >= 11 is 0. The van der Waals surface area contributed by atoms with E-state index in [0.717, 1.165) is 0 Å². The molecule has 12 heavy (non-hydrogen) atoms. The van der Waals surface area contributed by atoms with Crippen molar-refractivity contribution in [1.82, 2.24) is 0 Å². The van der Waals surface area contributed by atoms with Crippen molar-refractivity contribution in [3.05, 3.63) is 0 Å². The van der Waals surface area contributed by atoms with Crippen LogP contribution < -0.4 is 0 Å². The summed E-state index contributed by atoms with van der Waals surface area (Å²) in [4.78, 5) is 36.5. The lowest BCUT2D eigenvalue weighted by atomic mass is 10.8. The Morgan fingerprint density at radius 3 is 1.50 bits per heavy atom. The molecular weight excluding hydrogens is 162 g/mol. The first kappa shape index (κ1) is 12.8. The minimum absolute atomic E-state index is 0.160. The third kappa shape index (κ3) is 24.2. The lowest BCUT2D eigenvalue weighted by molar-refractivity contribution is 0.560. The molecule has 0 rings (SSSR count). The molecule has 0 aromatic rings. The topological polar surface area (TPSA) is 88.3 Å². The van der Waals surface area contributed by atoms with E-state index in [2.05, 4.69) is 15.0 Å². The molecule has 0 aromatic carbocycles.